The molecule has 0 unspecified atom stereocenters. The molecule has 0 N–H and O–H groups in total. The second-order valence-electron chi connectivity index (χ2n) is 8.20. The van der Waals surface area contributed by atoms with Gasteiger partial charge < -0.3 is 9.15 Å². The normalized spacial score (nSPS) is 42.1. The molecule has 4 rings (SSSR count). The Labute approximate surface area is 138 Å². The van der Waals surface area contributed by atoms with Gasteiger partial charge in [0.2, 0.25) is 0 Å². The lowest BCUT2D eigenvalue weighted by molar-refractivity contribution is -0.148. The summed E-state index contributed by atoms with van der Waals surface area (Å²) in [6.45, 7) is 7.06. The quantitative estimate of drug-likeness (QED) is 0.770. The Morgan fingerprint density at radius 1 is 1.35 bits per heavy atom. The third-order valence-corrected chi connectivity index (χ3v) is 7.27. The number of hydrogen-bond donors (Lipinski definition) is 0. The molecule has 124 valence electrons. The molecule has 1 saturated carbocycles. The monoisotopic (exact) mass is 314 g/mol. The molecule has 0 bridgehead atoms. The summed E-state index contributed by atoms with van der Waals surface area (Å²) in [7, 11) is 0. The summed E-state index contributed by atoms with van der Waals surface area (Å²) < 4.78 is 11.0. The molecule has 5 atom stereocenters. The van der Waals surface area contributed by atoms with Crippen molar-refractivity contribution < 1.29 is 13.9 Å². The van der Waals surface area contributed by atoms with Gasteiger partial charge in [-0.1, -0.05) is 26.8 Å². The Hall–Kier alpha value is -1.51. The fourth-order valence-corrected chi connectivity index (χ4v) is 5.63. The number of allylic oxidation sites excluding steroid dienone is 1. The van der Waals surface area contributed by atoms with E-state index in [1.54, 1.807) is 6.26 Å². The number of carbonyl (C=O) groups excluding carboxylic acids is 1. The van der Waals surface area contributed by atoms with Crippen LogP contribution in [0.4, 0.5) is 0 Å². The smallest absolute Gasteiger partial charge is 0.334 e. The van der Waals surface area contributed by atoms with Crippen LogP contribution in [0, 0.1) is 22.7 Å². The molecular weight excluding hydrogens is 288 g/mol. The number of rotatable bonds is 3. The standard InChI is InChI=1S/C20H26O3/c1-13-11-17-20(3)15(18(21)23-17)5-4-6-16(20)19(13,2)9-7-14-8-10-22-12-14/h5,8,10,12-13,16-17H,4,6-7,9,11H2,1-3H3/t13-,16-,17+,19+,20+/m1/s1. The van der Waals surface area contributed by atoms with Crippen LogP contribution in [0.1, 0.15) is 52.0 Å². The van der Waals surface area contributed by atoms with Crippen LogP contribution in [0.25, 0.3) is 0 Å². The average Bonchev–Trinajstić information content (AvgIpc) is 3.11. The molecule has 0 radical (unpaired) electrons. The van der Waals surface area contributed by atoms with Crippen LogP contribution in [0.15, 0.2) is 34.7 Å². The zero-order valence-electron chi connectivity index (χ0n) is 14.3. The molecule has 2 heterocycles. The summed E-state index contributed by atoms with van der Waals surface area (Å²) in [5, 5.41) is 0. The maximum absolute atomic E-state index is 12.3. The highest BCUT2D eigenvalue weighted by molar-refractivity contribution is 5.93. The van der Waals surface area contributed by atoms with Gasteiger partial charge in [0, 0.05) is 11.0 Å². The van der Waals surface area contributed by atoms with E-state index in [0.29, 0.717) is 11.8 Å². The SMILES string of the molecule is C[C@@H]1C[C@@H]2OC(=O)C3=CCC[C@H]([C@@]1(C)CCc1ccoc1)[C@]32C. The first-order chi connectivity index (χ1) is 11.0. The number of esters is 1. The van der Waals surface area contributed by atoms with E-state index in [4.69, 9.17) is 9.15 Å². The van der Waals surface area contributed by atoms with Crippen molar-refractivity contribution in [3.05, 3.63) is 35.8 Å². The average molecular weight is 314 g/mol. The predicted octanol–water partition coefficient (Wildman–Crippen LogP) is 4.53. The maximum atomic E-state index is 12.3. The molecular formula is C20H26O3. The minimum atomic E-state index is -0.0903. The Balaban J connectivity index is 1.68. The van der Waals surface area contributed by atoms with Crippen LogP contribution in [-0.2, 0) is 16.0 Å². The van der Waals surface area contributed by atoms with Crippen LogP contribution in [0.2, 0.25) is 0 Å². The van der Waals surface area contributed by atoms with E-state index in [1.165, 1.54) is 12.0 Å². The predicted molar refractivity (Wildman–Crippen MR) is 87.7 cm³/mol. The molecule has 1 aromatic rings. The Kier molecular flexibility index (Phi) is 3.26. The third kappa shape index (κ3) is 1.98. The van der Waals surface area contributed by atoms with Crippen LogP contribution in [-0.4, -0.2) is 12.1 Å². The van der Waals surface area contributed by atoms with Gasteiger partial charge in [-0.05, 0) is 61.0 Å². The minimum absolute atomic E-state index is 0.0616. The summed E-state index contributed by atoms with van der Waals surface area (Å²) in [4.78, 5) is 12.3. The zero-order chi connectivity index (χ0) is 16.2. The molecule has 0 amide bonds. The zero-order valence-corrected chi connectivity index (χ0v) is 14.3. The van der Waals surface area contributed by atoms with Crippen molar-refractivity contribution in [1.82, 2.24) is 0 Å². The van der Waals surface area contributed by atoms with E-state index in [-0.39, 0.29) is 22.9 Å². The third-order valence-electron chi connectivity index (χ3n) is 7.27. The van der Waals surface area contributed by atoms with Gasteiger partial charge in [0.05, 0.1) is 12.5 Å². The lowest BCUT2D eigenvalue weighted by Crippen LogP contribution is -2.54. The van der Waals surface area contributed by atoms with Crippen molar-refractivity contribution in [3.8, 4) is 0 Å². The lowest BCUT2D eigenvalue weighted by Gasteiger charge is -2.57. The fourth-order valence-electron chi connectivity index (χ4n) is 5.63. The summed E-state index contributed by atoms with van der Waals surface area (Å²) in [6.07, 6.45) is 11.2. The first-order valence-electron chi connectivity index (χ1n) is 8.89. The van der Waals surface area contributed by atoms with Crippen molar-refractivity contribution in [3.63, 3.8) is 0 Å². The van der Waals surface area contributed by atoms with E-state index in [9.17, 15) is 4.79 Å². The molecule has 3 nitrogen and oxygen atoms in total. The molecule has 2 fully saturated rings. The highest BCUT2D eigenvalue weighted by Crippen LogP contribution is 2.64. The highest BCUT2D eigenvalue weighted by Gasteiger charge is 2.64. The summed E-state index contributed by atoms with van der Waals surface area (Å²) in [6, 6.07) is 2.07. The Morgan fingerprint density at radius 2 is 2.17 bits per heavy atom. The van der Waals surface area contributed by atoms with E-state index in [2.05, 4.69) is 32.9 Å². The number of hydrogen-bond acceptors (Lipinski definition) is 3. The maximum Gasteiger partial charge on any atom is 0.334 e. The van der Waals surface area contributed by atoms with Gasteiger partial charge in [-0.15, -0.1) is 0 Å². The van der Waals surface area contributed by atoms with Crippen LogP contribution in [0.3, 0.4) is 0 Å². The van der Waals surface area contributed by atoms with E-state index >= 15 is 0 Å². The fraction of sp³-hybridized carbons (Fsp3) is 0.650. The lowest BCUT2D eigenvalue weighted by atomic mass is 9.46. The van der Waals surface area contributed by atoms with E-state index in [0.717, 1.165) is 31.3 Å². The molecule has 3 aliphatic rings. The molecule has 1 aliphatic heterocycles. The van der Waals surface area contributed by atoms with Crippen molar-refractivity contribution in [2.24, 2.45) is 22.7 Å². The van der Waals surface area contributed by atoms with E-state index in [1.807, 2.05) is 6.26 Å². The van der Waals surface area contributed by atoms with Gasteiger partial charge in [-0.3, -0.25) is 0 Å². The van der Waals surface area contributed by atoms with Crippen molar-refractivity contribution in [1.29, 1.82) is 0 Å². The van der Waals surface area contributed by atoms with Gasteiger partial charge in [0.25, 0.3) is 0 Å². The Bertz CT molecular complexity index is 644. The Morgan fingerprint density at radius 3 is 2.91 bits per heavy atom. The number of aryl methyl sites for hydroxylation is 1. The van der Waals surface area contributed by atoms with Crippen molar-refractivity contribution in [2.45, 2.75) is 59.0 Å². The number of furan rings is 1. The van der Waals surface area contributed by atoms with Crippen LogP contribution < -0.4 is 0 Å². The number of ether oxygens (including phenoxy) is 1. The summed E-state index contributed by atoms with van der Waals surface area (Å²) >= 11 is 0. The van der Waals surface area contributed by atoms with E-state index < -0.39 is 0 Å². The van der Waals surface area contributed by atoms with Gasteiger partial charge >= 0.3 is 5.97 Å². The largest absolute Gasteiger partial charge is 0.472 e. The van der Waals surface area contributed by atoms with Gasteiger partial charge in [0.15, 0.2) is 0 Å². The molecule has 1 aromatic heterocycles. The van der Waals surface area contributed by atoms with Gasteiger partial charge in [-0.25, -0.2) is 4.79 Å². The van der Waals surface area contributed by atoms with Crippen molar-refractivity contribution >= 4 is 5.97 Å². The minimum Gasteiger partial charge on any atom is -0.472 e. The highest BCUT2D eigenvalue weighted by atomic mass is 16.6. The molecule has 3 heteroatoms. The topological polar surface area (TPSA) is 39.4 Å². The molecule has 1 saturated heterocycles. The molecule has 23 heavy (non-hydrogen) atoms. The molecule has 0 spiro atoms. The van der Waals surface area contributed by atoms with Gasteiger partial charge in [-0.2, -0.15) is 0 Å². The molecule has 0 aromatic carbocycles. The summed E-state index contributed by atoms with van der Waals surface area (Å²) in [5.41, 5.74) is 2.37. The van der Waals surface area contributed by atoms with Crippen molar-refractivity contribution in [2.75, 3.05) is 0 Å². The molecule has 2 aliphatic carbocycles. The van der Waals surface area contributed by atoms with Crippen LogP contribution >= 0.6 is 0 Å². The second kappa shape index (κ2) is 4.99. The second-order valence-corrected chi connectivity index (χ2v) is 8.20. The first-order valence-corrected chi connectivity index (χ1v) is 8.89. The summed E-state index contributed by atoms with van der Waals surface area (Å²) in [5.74, 6) is 1.01. The number of carbonyl (C=O) groups is 1. The van der Waals surface area contributed by atoms with Crippen LogP contribution in [0.5, 0.6) is 0 Å². The van der Waals surface area contributed by atoms with Gasteiger partial charge in [0.1, 0.15) is 6.10 Å². The first kappa shape index (κ1) is 15.0.